The molecule has 2 unspecified atom stereocenters. The maximum atomic E-state index is 10.3. The summed E-state index contributed by atoms with van der Waals surface area (Å²) in [7, 11) is 3.13. The van der Waals surface area contributed by atoms with Crippen molar-refractivity contribution in [3.05, 3.63) is 0 Å². The molecular formula is C7H16NaO4S3+. The van der Waals surface area contributed by atoms with Gasteiger partial charge in [0.1, 0.15) is 0 Å². The predicted octanol–water partition coefficient (Wildman–Crippen LogP) is -2.27. The van der Waals surface area contributed by atoms with E-state index in [9.17, 15) is 4.21 Å². The van der Waals surface area contributed by atoms with E-state index in [1.54, 1.807) is 10.8 Å². The van der Waals surface area contributed by atoms with Gasteiger partial charge in [0.05, 0.1) is 12.7 Å². The molecule has 4 nitrogen and oxygen atoms in total. The SMILES string of the molecule is O=S(O)CCCCSSCC(O)CO.[Na+]. The summed E-state index contributed by atoms with van der Waals surface area (Å²) < 4.78 is 18.7. The average Bonchev–Trinajstić information content (AvgIpc) is 2.15. The Bertz CT molecular complexity index is 161. The third-order valence-corrected chi connectivity index (χ3v) is 4.54. The second-order valence-corrected chi connectivity index (χ2v) is 6.35. The first kappa shape index (κ1) is 19.1. The molecule has 0 aromatic heterocycles. The van der Waals surface area contributed by atoms with E-state index in [2.05, 4.69) is 0 Å². The second kappa shape index (κ2) is 13.8. The summed E-state index contributed by atoms with van der Waals surface area (Å²) in [5.74, 6) is 1.76. The van der Waals surface area contributed by atoms with Crippen LogP contribution in [0.3, 0.4) is 0 Å². The van der Waals surface area contributed by atoms with Gasteiger partial charge in [0.25, 0.3) is 0 Å². The van der Waals surface area contributed by atoms with E-state index < -0.39 is 17.2 Å². The maximum absolute atomic E-state index is 10.3. The minimum Gasteiger partial charge on any atom is -0.394 e. The Morgan fingerprint density at radius 2 is 1.93 bits per heavy atom. The Kier molecular flexibility index (Phi) is 17.5. The van der Waals surface area contributed by atoms with Crippen molar-refractivity contribution in [2.45, 2.75) is 18.9 Å². The molecule has 2 atom stereocenters. The molecule has 3 N–H and O–H groups in total. The molecule has 0 rings (SSSR count). The molecule has 0 saturated heterocycles. The van der Waals surface area contributed by atoms with Gasteiger partial charge in [0.15, 0.2) is 11.1 Å². The van der Waals surface area contributed by atoms with Gasteiger partial charge in [0.2, 0.25) is 0 Å². The van der Waals surface area contributed by atoms with Gasteiger partial charge in [0, 0.05) is 17.3 Å². The fraction of sp³-hybridized carbons (Fsp3) is 1.00. The zero-order valence-corrected chi connectivity index (χ0v) is 13.2. The van der Waals surface area contributed by atoms with Gasteiger partial charge < -0.3 is 14.8 Å². The van der Waals surface area contributed by atoms with Crippen LogP contribution >= 0.6 is 21.6 Å². The minimum atomic E-state index is -1.67. The largest absolute Gasteiger partial charge is 1.00 e. The Morgan fingerprint density at radius 1 is 1.27 bits per heavy atom. The first-order chi connectivity index (χ1) is 6.66. The molecule has 0 spiro atoms. The van der Waals surface area contributed by atoms with E-state index in [-0.39, 0.29) is 36.2 Å². The summed E-state index contributed by atoms with van der Waals surface area (Å²) in [6.45, 7) is -0.197. The molecule has 86 valence electrons. The summed E-state index contributed by atoms with van der Waals surface area (Å²) in [6, 6.07) is 0. The molecule has 0 aliphatic rings. The van der Waals surface area contributed by atoms with Crippen LogP contribution in [0.5, 0.6) is 0 Å². The average molecular weight is 283 g/mol. The monoisotopic (exact) mass is 283 g/mol. The topological polar surface area (TPSA) is 77.8 Å². The van der Waals surface area contributed by atoms with Crippen molar-refractivity contribution in [1.82, 2.24) is 0 Å². The number of unbranched alkanes of at least 4 members (excludes halogenated alkanes) is 1. The van der Waals surface area contributed by atoms with Gasteiger partial charge in [-0.2, -0.15) is 0 Å². The van der Waals surface area contributed by atoms with Crippen LogP contribution in [-0.2, 0) is 11.1 Å². The molecule has 15 heavy (non-hydrogen) atoms. The summed E-state index contributed by atoms with van der Waals surface area (Å²) in [4.78, 5) is 0. The second-order valence-electron chi connectivity index (χ2n) is 2.68. The molecule has 0 amide bonds. The van der Waals surface area contributed by atoms with E-state index in [4.69, 9.17) is 14.8 Å². The quantitative estimate of drug-likeness (QED) is 0.192. The third kappa shape index (κ3) is 15.7. The van der Waals surface area contributed by atoms with Gasteiger partial charge in [-0.3, -0.25) is 0 Å². The Hall–Kier alpha value is 1.73. The molecule has 0 aliphatic carbocycles. The van der Waals surface area contributed by atoms with E-state index >= 15 is 0 Å². The minimum absolute atomic E-state index is 0. The summed E-state index contributed by atoms with van der Waals surface area (Å²) in [6.07, 6.45) is 1.01. The van der Waals surface area contributed by atoms with Crippen LogP contribution in [0, 0.1) is 0 Å². The van der Waals surface area contributed by atoms with Gasteiger partial charge in [-0.15, -0.1) is 0 Å². The van der Waals surface area contributed by atoms with Gasteiger partial charge in [-0.1, -0.05) is 21.6 Å². The number of hydrogen-bond acceptors (Lipinski definition) is 5. The van der Waals surface area contributed by atoms with E-state index in [0.29, 0.717) is 11.5 Å². The predicted molar refractivity (Wildman–Crippen MR) is 62.9 cm³/mol. The third-order valence-electron chi connectivity index (χ3n) is 1.35. The fourth-order valence-corrected chi connectivity index (χ4v) is 3.34. The van der Waals surface area contributed by atoms with Crippen LogP contribution < -0.4 is 29.6 Å². The summed E-state index contributed by atoms with van der Waals surface area (Å²) in [5, 5.41) is 17.5. The van der Waals surface area contributed by atoms with Crippen molar-refractivity contribution >= 4 is 32.7 Å². The summed E-state index contributed by atoms with van der Waals surface area (Å²) >= 11 is -1.67. The van der Waals surface area contributed by atoms with Crippen LogP contribution in [0.1, 0.15) is 12.8 Å². The van der Waals surface area contributed by atoms with Crippen molar-refractivity contribution < 1.29 is 48.5 Å². The van der Waals surface area contributed by atoms with Crippen LogP contribution in [-0.4, -0.2) is 48.9 Å². The molecule has 0 aromatic rings. The standard InChI is InChI=1S/C7H16O4S3.Na/c8-5-7(9)6-13-12-3-1-2-4-14(10)11;/h7-9H,1-6H2,(H,10,11);/q;+1. The van der Waals surface area contributed by atoms with Crippen molar-refractivity contribution in [2.75, 3.05) is 23.9 Å². The Morgan fingerprint density at radius 3 is 2.47 bits per heavy atom. The normalized spacial score (nSPS) is 14.3. The smallest absolute Gasteiger partial charge is 0.394 e. The molecule has 0 aliphatic heterocycles. The molecule has 0 bridgehead atoms. The molecule has 0 heterocycles. The molecule has 0 aromatic carbocycles. The van der Waals surface area contributed by atoms with Crippen LogP contribution in [0.2, 0.25) is 0 Å². The van der Waals surface area contributed by atoms with E-state index in [0.717, 1.165) is 18.6 Å². The number of hydrogen-bond donors (Lipinski definition) is 3. The maximum Gasteiger partial charge on any atom is 1.00 e. The van der Waals surface area contributed by atoms with E-state index in [1.165, 1.54) is 10.8 Å². The van der Waals surface area contributed by atoms with Crippen molar-refractivity contribution in [3.8, 4) is 0 Å². The molecular weight excluding hydrogens is 267 g/mol. The Labute approximate surface area is 123 Å². The molecule has 0 saturated carbocycles. The van der Waals surface area contributed by atoms with Crippen LogP contribution in [0.4, 0.5) is 0 Å². The number of aliphatic hydroxyl groups is 2. The van der Waals surface area contributed by atoms with Crippen molar-refractivity contribution in [3.63, 3.8) is 0 Å². The zero-order chi connectivity index (χ0) is 10.8. The summed E-state index contributed by atoms with van der Waals surface area (Å²) in [5.41, 5.74) is 0. The van der Waals surface area contributed by atoms with Crippen LogP contribution in [0.25, 0.3) is 0 Å². The first-order valence-electron chi connectivity index (χ1n) is 4.27. The zero-order valence-electron chi connectivity index (χ0n) is 8.79. The molecule has 0 radical (unpaired) electrons. The van der Waals surface area contributed by atoms with Gasteiger partial charge >= 0.3 is 29.6 Å². The fourth-order valence-electron chi connectivity index (χ4n) is 0.625. The van der Waals surface area contributed by atoms with Gasteiger partial charge in [-0.05, 0) is 12.8 Å². The van der Waals surface area contributed by atoms with E-state index in [1.807, 2.05) is 0 Å². The Balaban J connectivity index is 0. The van der Waals surface area contributed by atoms with Gasteiger partial charge in [-0.25, -0.2) is 4.21 Å². The van der Waals surface area contributed by atoms with Crippen molar-refractivity contribution in [2.24, 2.45) is 0 Å². The molecule has 8 heteroatoms. The molecule has 0 fully saturated rings. The number of aliphatic hydroxyl groups excluding tert-OH is 2. The van der Waals surface area contributed by atoms with Crippen LogP contribution in [0.15, 0.2) is 0 Å². The van der Waals surface area contributed by atoms with Crippen molar-refractivity contribution in [1.29, 1.82) is 0 Å². The first-order valence-corrected chi connectivity index (χ1v) is 8.04. The number of rotatable bonds is 9.